The molecule has 2 aromatic rings. The summed E-state index contributed by atoms with van der Waals surface area (Å²) in [6, 6.07) is 2.88. The van der Waals surface area contributed by atoms with Gasteiger partial charge in [-0.3, -0.25) is 14.3 Å². The molecular weight excluding hydrogens is 534 g/mol. The van der Waals surface area contributed by atoms with Crippen molar-refractivity contribution in [2.24, 2.45) is 0 Å². The van der Waals surface area contributed by atoms with E-state index in [2.05, 4.69) is 27.1 Å². The molecule has 1 aromatic heterocycles. The molecule has 0 saturated carbocycles. The molecule has 1 aromatic carbocycles. The number of rotatable bonds is 6. The molecule has 1 N–H and O–H groups in total. The molecule has 3 rings (SSSR count). The number of Topliss-reactive ketones (excluding diaryl/α,β-unsaturated/α-hetero) is 1. The predicted octanol–water partition coefficient (Wildman–Crippen LogP) is 4.85. The number of halogens is 6. The first kappa shape index (κ1) is 33.6. The number of nitrogens with one attached hydrogen (secondary N) is 1. The largest absolute Gasteiger partial charge is 0.463 e. The van der Waals surface area contributed by atoms with Crippen LogP contribution in [0.2, 0.25) is 0 Å². The Morgan fingerprint density at radius 2 is 1.64 bits per heavy atom. The summed E-state index contributed by atoms with van der Waals surface area (Å²) in [5.74, 6) is 0.177. The highest BCUT2D eigenvalue weighted by molar-refractivity contribution is 5.92. The average Bonchev–Trinajstić information content (AvgIpc) is 3.15. The zero-order valence-electron chi connectivity index (χ0n) is 22.1. The molecule has 1 aliphatic heterocycles. The van der Waals surface area contributed by atoms with Crippen LogP contribution in [0.5, 0.6) is 0 Å². The van der Waals surface area contributed by atoms with Gasteiger partial charge in [0.1, 0.15) is 18.1 Å². The number of aromatic nitrogens is 2. The summed E-state index contributed by atoms with van der Waals surface area (Å²) in [7, 11) is 3.71. The number of ketones is 1. The zero-order chi connectivity index (χ0) is 29.8. The molecule has 39 heavy (non-hydrogen) atoms. The van der Waals surface area contributed by atoms with Crippen molar-refractivity contribution in [2.75, 3.05) is 20.6 Å². The fourth-order valence-electron chi connectivity index (χ4n) is 3.45. The molecule has 0 saturated heterocycles. The quantitative estimate of drug-likeness (QED) is 0.397. The lowest BCUT2D eigenvalue weighted by atomic mass is 10.1. The average molecular weight is 567 g/mol. The maximum atomic E-state index is 12.4. The number of alkyl halides is 6. The molecule has 14 heteroatoms. The lowest BCUT2D eigenvalue weighted by molar-refractivity contribution is -0.143. The number of ether oxygens (including phenoxy) is 1. The maximum absolute atomic E-state index is 12.4. The van der Waals surface area contributed by atoms with Gasteiger partial charge in [0.25, 0.3) is 12.4 Å². The van der Waals surface area contributed by atoms with E-state index in [1.54, 1.807) is 14.0 Å². The summed E-state index contributed by atoms with van der Waals surface area (Å²) in [5, 5.41) is 6.88. The minimum Gasteiger partial charge on any atom is -0.463 e. The molecular formula is C25H32F6N4O4. The lowest BCUT2D eigenvalue weighted by Crippen LogP contribution is -2.19. The van der Waals surface area contributed by atoms with Crippen molar-refractivity contribution < 1.29 is 45.5 Å². The lowest BCUT2D eigenvalue weighted by Gasteiger charge is -2.13. The van der Waals surface area contributed by atoms with Gasteiger partial charge < -0.3 is 19.7 Å². The molecule has 0 spiro atoms. The number of fused-ring (bicyclic) bond motifs is 1. The predicted molar refractivity (Wildman–Crippen MR) is 129 cm³/mol. The van der Waals surface area contributed by atoms with E-state index >= 15 is 0 Å². The van der Waals surface area contributed by atoms with Crippen LogP contribution in [-0.4, -0.2) is 53.5 Å². The first-order valence-corrected chi connectivity index (χ1v) is 11.9. The van der Waals surface area contributed by atoms with Crippen molar-refractivity contribution in [3.8, 4) is 0 Å². The van der Waals surface area contributed by atoms with Gasteiger partial charge in [-0.2, -0.15) is 31.4 Å². The first-order valence-electron chi connectivity index (χ1n) is 11.9. The van der Waals surface area contributed by atoms with Crippen LogP contribution in [0.4, 0.5) is 26.3 Å². The Hall–Kier alpha value is -3.42. The van der Waals surface area contributed by atoms with Gasteiger partial charge >= 0.3 is 12.4 Å². The van der Waals surface area contributed by atoms with Crippen LogP contribution in [0.25, 0.3) is 0 Å². The Kier molecular flexibility index (Phi) is 13.1. The fraction of sp³-hybridized carbons (Fsp3) is 0.520. The van der Waals surface area contributed by atoms with Crippen LogP contribution in [0.3, 0.4) is 0 Å². The Balaban J connectivity index is 0.000000327. The van der Waals surface area contributed by atoms with E-state index in [-0.39, 0.29) is 29.8 Å². The second-order valence-electron chi connectivity index (χ2n) is 8.69. The summed E-state index contributed by atoms with van der Waals surface area (Å²) in [5.41, 5.74) is -1.63. The van der Waals surface area contributed by atoms with Crippen LogP contribution in [0, 0.1) is 0 Å². The highest BCUT2D eigenvalue weighted by Crippen LogP contribution is 2.36. The smallest absolute Gasteiger partial charge is 0.416 e. The summed E-state index contributed by atoms with van der Waals surface area (Å²) in [4.78, 5) is 33.6. The van der Waals surface area contributed by atoms with Crippen molar-refractivity contribution in [2.45, 2.75) is 65.2 Å². The highest BCUT2D eigenvalue weighted by atomic mass is 19.4. The van der Waals surface area contributed by atoms with E-state index in [1.807, 2.05) is 17.7 Å². The normalized spacial score (nSPS) is 13.5. The molecule has 1 aliphatic rings. The van der Waals surface area contributed by atoms with Crippen molar-refractivity contribution >= 4 is 18.2 Å². The minimum absolute atomic E-state index is 0.00438. The van der Waals surface area contributed by atoms with Gasteiger partial charge in [-0.15, -0.1) is 0 Å². The summed E-state index contributed by atoms with van der Waals surface area (Å²) >= 11 is 0. The minimum atomic E-state index is -4.91. The van der Waals surface area contributed by atoms with Crippen LogP contribution in [-0.2, 0) is 46.4 Å². The molecule has 0 bridgehead atoms. The van der Waals surface area contributed by atoms with E-state index in [9.17, 15) is 40.7 Å². The van der Waals surface area contributed by atoms with Gasteiger partial charge in [-0.05, 0) is 56.6 Å². The Morgan fingerprint density at radius 3 is 2.08 bits per heavy atom. The van der Waals surface area contributed by atoms with Crippen molar-refractivity contribution in [3.05, 3.63) is 52.3 Å². The molecule has 0 fully saturated rings. The number of carbonyl (C=O) groups excluding carboxylic acids is 3. The number of hydrogen-bond acceptors (Lipinski definition) is 6. The molecule has 0 aliphatic carbocycles. The summed E-state index contributed by atoms with van der Waals surface area (Å²) < 4.78 is 80.4. The van der Waals surface area contributed by atoms with E-state index < -0.39 is 30.1 Å². The monoisotopic (exact) mass is 566 g/mol. The fourth-order valence-corrected chi connectivity index (χ4v) is 3.45. The topological polar surface area (TPSA) is 93.5 Å². The summed E-state index contributed by atoms with van der Waals surface area (Å²) in [6.45, 7) is 5.74. The van der Waals surface area contributed by atoms with Gasteiger partial charge in [-0.25, -0.2) is 0 Å². The first-order chi connectivity index (χ1) is 18.1. The number of nitrogens with zero attached hydrogens (tertiary/aromatic N) is 3. The van der Waals surface area contributed by atoms with Gasteiger partial charge in [0.05, 0.1) is 16.8 Å². The molecule has 0 unspecified atom stereocenters. The van der Waals surface area contributed by atoms with E-state index in [0.717, 1.165) is 44.6 Å². The molecule has 0 radical (unpaired) electrons. The third-order valence-electron chi connectivity index (χ3n) is 5.23. The third kappa shape index (κ3) is 11.9. The number of hydrogen-bond donors (Lipinski definition) is 1. The highest BCUT2D eigenvalue weighted by Gasteiger charge is 2.36. The van der Waals surface area contributed by atoms with E-state index in [0.29, 0.717) is 17.8 Å². The molecule has 218 valence electrons. The van der Waals surface area contributed by atoms with Gasteiger partial charge in [-0.1, -0.05) is 6.92 Å². The SMILES string of the molecule is CCCC(C)=O.CNC(=O)c1cc2n(n1)CCCN(C)C2.O=COCc1cc(C(F)(F)F)cc(C(F)(F)F)c1. The third-order valence-corrected chi connectivity index (χ3v) is 5.23. The van der Waals surface area contributed by atoms with Gasteiger partial charge in [0.2, 0.25) is 0 Å². The molecule has 1 amide bonds. The zero-order valence-corrected chi connectivity index (χ0v) is 22.1. The Labute approximate surface area is 222 Å². The van der Waals surface area contributed by atoms with Crippen molar-refractivity contribution in [1.29, 1.82) is 0 Å². The molecule has 2 heterocycles. The standard InChI is InChI=1S/C10H6F6O2.C10H16N4O.C5H10O/c11-9(12,13)7-1-6(4-18-5-17)2-8(3-7)10(14,15)16;1-11-10(15)9-6-8-7-13(2)4-3-5-14(8)12-9;1-3-4-5(2)6/h1-3,5H,4H2;6H,3-5,7H2,1-2H3,(H,11,15);3-4H2,1-2H3. The Morgan fingerprint density at radius 1 is 1.05 bits per heavy atom. The number of carbonyl (C=O) groups is 3. The van der Waals surface area contributed by atoms with E-state index in [4.69, 9.17) is 0 Å². The second-order valence-corrected chi connectivity index (χ2v) is 8.69. The van der Waals surface area contributed by atoms with Crippen molar-refractivity contribution in [3.63, 3.8) is 0 Å². The van der Waals surface area contributed by atoms with E-state index in [1.165, 1.54) is 0 Å². The number of benzene rings is 1. The number of aryl methyl sites for hydroxylation is 1. The molecule has 0 atom stereocenters. The maximum Gasteiger partial charge on any atom is 0.416 e. The van der Waals surface area contributed by atoms with Crippen LogP contribution < -0.4 is 5.32 Å². The molecule has 8 nitrogen and oxygen atoms in total. The Bertz CT molecular complexity index is 1070. The van der Waals surface area contributed by atoms with Crippen LogP contribution >= 0.6 is 0 Å². The second kappa shape index (κ2) is 15.2. The number of amides is 1. The summed E-state index contributed by atoms with van der Waals surface area (Å²) in [6.07, 6.45) is -7.01. The van der Waals surface area contributed by atoms with Crippen LogP contribution in [0.15, 0.2) is 24.3 Å². The van der Waals surface area contributed by atoms with Crippen molar-refractivity contribution in [1.82, 2.24) is 20.0 Å². The van der Waals surface area contributed by atoms with Crippen LogP contribution in [0.1, 0.15) is 66.0 Å². The van der Waals surface area contributed by atoms with Gasteiger partial charge in [0, 0.05) is 33.1 Å². The van der Waals surface area contributed by atoms with Gasteiger partial charge in [0.15, 0.2) is 0 Å².